The first kappa shape index (κ1) is 13.3. The number of hydrogen-bond acceptors (Lipinski definition) is 3. The van der Waals surface area contributed by atoms with Crippen molar-refractivity contribution >= 4 is 23.2 Å². The Bertz CT molecular complexity index is 718. The summed E-state index contributed by atoms with van der Waals surface area (Å²) in [6.07, 6.45) is 0.959. The summed E-state index contributed by atoms with van der Waals surface area (Å²) in [5, 5.41) is 4.68. The van der Waals surface area contributed by atoms with Crippen LogP contribution in [0.3, 0.4) is 0 Å². The van der Waals surface area contributed by atoms with E-state index in [1.807, 2.05) is 18.2 Å². The van der Waals surface area contributed by atoms with E-state index in [1.54, 1.807) is 6.07 Å². The summed E-state index contributed by atoms with van der Waals surface area (Å²) in [5.74, 6) is 1.62. The molecule has 0 amide bonds. The third-order valence-corrected chi connectivity index (χ3v) is 4.81. The molecule has 2 heterocycles. The highest BCUT2D eigenvalue weighted by molar-refractivity contribution is 6.42. The Morgan fingerprint density at radius 2 is 1.86 bits per heavy atom. The van der Waals surface area contributed by atoms with E-state index in [4.69, 9.17) is 32.7 Å². The fraction of sp³-hybridized carbons (Fsp3) is 0.250. The molecule has 21 heavy (non-hydrogen) atoms. The maximum atomic E-state index is 6.38. The minimum Gasteiger partial charge on any atom is -0.454 e. The summed E-state index contributed by atoms with van der Waals surface area (Å²) in [4.78, 5) is 0. The van der Waals surface area contributed by atoms with Gasteiger partial charge in [0.05, 0.1) is 16.1 Å². The largest absolute Gasteiger partial charge is 0.454 e. The molecular formula is C16H13Cl2NO2. The third-order valence-electron chi connectivity index (χ3n) is 3.98. The second-order valence-electron chi connectivity index (χ2n) is 5.18. The summed E-state index contributed by atoms with van der Waals surface area (Å²) < 4.78 is 11.0. The molecule has 2 aliphatic heterocycles. The smallest absolute Gasteiger partial charge is 0.231 e. The zero-order valence-electron chi connectivity index (χ0n) is 11.2. The molecule has 0 saturated heterocycles. The summed E-state index contributed by atoms with van der Waals surface area (Å²) in [7, 11) is 0. The van der Waals surface area contributed by atoms with Gasteiger partial charge in [-0.3, -0.25) is 0 Å². The van der Waals surface area contributed by atoms with Crippen LogP contribution in [-0.2, 0) is 6.42 Å². The van der Waals surface area contributed by atoms with Gasteiger partial charge in [-0.1, -0.05) is 35.3 Å². The Balaban J connectivity index is 1.85. The van der Waals surface area contributed by atoms with E-state index in [0.717, 1.165) is 30.0 Å². The van der Waals surface area contributed by atoms with Crippen LogP contribution >= 0.6 is 23.2 Å². The van der Waals surface area contributed by atoms with Crippen LogP contribution in [0.4, 0.5) is 0 Å². The first-order chi connectivity index (χ1) is 10.2. The zero-order chi connectivity index (χ0) is 14.4. The molecule has 0 saturated carbocycles. The lowest BCUT2D eigenvalue weighted by Crippen LogP contribution is -2.30. The highest BCUT2D eigenvalue weighted by atomic mass is 35.5. The molecule has 1 atom stereocenters. The lowest BCUT2D eigenvalue weighted by atomic mass is 9.89. The molecule has 0 aromatic heterocycles. The van der Waals surface area contributed by atoms with Crippen molar-refractivity contribution in [2.75, 3.05) is 13.3 Å². The lowest BCUT2D eigenvalue weighted by Gasteiger charge is -2.28. The molecule has 2 aliphatic rings. The molecule has 2 aromatic rings. The van der Waals surface area contributed by atoms with E-state index in [9.17, 15) is 0 Å². The molecule has 5 heteroatoms. The monoisotopic (exact) mass is 321 g/mol. The van der Waals surface area contributed by atoms with E-state index < -0.39 is 0 Å². The summed E-state index contributed by atoms with van der Waals surface area (Å²) in [6.45, 7) is 1.17. The molecule has 1 N–H and O–H groups in total. The molecule has 108 valence electrons. The summed E-state index contributed by atoms with van der Waals surface area (Å²) in [6, 6.07) is 9.87. The predicted octanol–water partition coefficient (Wildman–Crippen LogP) is 3.96. The van der Waals surface area contributed by atoms with Crippen LogP contribution in [0, 0.1) is 0 Å². The molecule has 2 aromatic carbocycles. The van der Waals surface area contributed by atoms with E-state index >= 15 is 0 Å². The predicted molar refractivity (Wildman–Crippen MR) is 82.6 cm³/mol. The van der Waals surface area contributed by atoms with Gasteiger partial charge in [0.25, 0.3) is 0 Å². The average Bonchev–Trinajstić information content (AvgIpc) is 2.94. The first-order valence-corrected chi connectivity index (χ1v) is 7.59. The van der Waals surface area contributed by atoms with Crippen LogP contribution in [0.1, 0.15) is 22.7 Å². The van der Waals surface area contributed by atoms with Crippen LogP contribution in [0.15, 0.2) is 30.3 Å². The highest BCUT2D eigenvalue weighted by Crippen LogP contribution is 2.41. The minimum absolute atomic E-state index is 0.0226. The molecule has 3 nitrogen and oxygen atoms in total. The lowest BCUT2D eigenvalue weighted by molar-refractivity contribution is 0.174. The van der Waals surface area contributed by atoms with Crippen molar-refractivity contribution in [3.8, 4) is 11.5 Å². The van der Waals surface area contributed by atoms with Crippen LogP contribution in [0.2, 0.25) is 10.0 Å². The van der Waals surface area contributed by atoms with Gasteiger partial charge in [-0.25, -0.2) is 0 Å². The van der Waals surface area contributed by atoms with Gasteiger partial charge < -0.3 is 14.8 Å². The van der Waals surface area contributed by atoms with E-state index in [0.29, 0.717) is 10.0 Å². The Hall–Kier alpha value is -1.42. The van der Waals surface area contributed by atoms with Crippen LogP contribution in [0.5, 0.6) is 11.5 Å². The molecule has 0 fully saturated rings. The maximum absolute atomic E-state index is 6.38. The van der Waals surface area contributed by atoms with Crippen molar-refractivity contribution in [3.05, 3.63) is 57.1 Å². The van der Waals surface area contributed by atoms with Gasteiger partial charge in [0.15, 0.2) is 11.5 Å². The molecule has 0 aliphatic carbocycles. The first-order valence-electron chi connectivity index (χ1n) is 6.84. The Kier molecular flexibility index (Phi) is 3.21. The second kappa shape index (κ2) is 5.09. The number of ether oxygens (including phenoxy) is 2. The van der Waals surface area contributed by atoms with Crippen LogP contribution in [-0.4, -0.2) is 13.3 Å². The number of nitrogens with one attached hydrogen (secondary N) is 1. The van der Waals surface area contributed by atoms with E-state index in [-0.39, 0.29) is 12.8 Å². The quantitative estimate of drug-likeness (QED) is 0.862. The molecule has 0 spiro atoms. The van der Waals surface area contributed by atoms with E-state index in [1.165, 1.54) is 11.1 Å². The number of fused-ring (bicyclic) bond motifs is 2. The number of benzene rings is 2. The SMILES string of the molecule is Clc1cccc(C2NCCc3cc4c(cc32)OCO4)c1Cl. The Labute approximate surface area is 132 Å². The summed E-state index contributed by atoms with van der Waals surface area (Å²) in [5.41, 5.74) is 3.43. The van der Waals surface area contributed by atoms with Gasteiger partial charge in [-0.15, -0.1) is 0 Å². The average molecular weight is 322 g/mol. The van der Waals surface area contributed by atoms with Crippen molar-refractivity contribution in [2.45, 2.75) is 12.5 Å². The zero-order valence-corrected chi connectivity index (χ0v) is 12.7. The van der Waals surface area contributed by atoms with Crippen molar-refractivity contribution in [1.29, 1.82) is 0 Å². The van der Waals surface area contributed by atoms with Gasteiger partial charge in [-0.05, 0) is 41.3 Å². The van der Waals surface area contributed by atoms with Gasteiger partial charge in [0.1, 0.15) is 0 Å². The van der Waals surface area contributed by atoms with Gasteiger partial charge in [-0.2, -0.15) is 0 Å². The fourth-order valence-electron chi connectivity index (χ4n) is 2.97. The van der Waals surface area contributed by atoms with Crippen molar-refractivity contribution in [3.63, 3.8) is 0 Å². The standard InChI is InChI=1S/C16H13Cl2NO2/c17-12-3-1-2-10(15(12)18)16-11-7-14-13(20-8-21-14)6-9(11)4-5-19-16/h1-3,6-7,16,19H,4-5,8H2. The number of rotatable bonds is 1. The Morgan fingerprint density at radius 1 is 1.05 bits per heavy atom. The molecule has 4 rings (SSSR count). The van der Waals surface area contributed by atoms with Crippen molar-refractivity contribution in [2.24, 2.45) is 0 Å². The van der Waals surface area contributed by atoms with Gasteiger partial charge in [0, 0.05) is 6.54 Å². The molecule has 0 bridgehead atoms. The topological polar surface area (TPSA) is 30.5 Å². The third kappa shape index (κ3) is 2.16. The summed E-state index contributed by atoms with van der Waals surface area (Å²) >= 11 is 12.5. The van der Waals surface area contributed by atoms with Gasteiger partial charge >= 0.3 is 0 Å². The van der Waals surface area contributed by atoms with Crippen molar-refractivity contribution in [1.82, 2.24) is 5.32 Å². The number of hydrogen-bond donors (Lipinski definition) is 1. The maximum Gasteiger partial charge on any atom is 0.231 e. The van der Waals surface area contributed by atoms with Crippen molar-refractivity contribution < 1.29 is 9.47 Å². The van der Waals surface area contributed by atoms with E-state index in [2.05, 4.69) is 11.4 Å². The minimum atomic E-state index is 0.0226. The van der Waals surface area contributed by atoms with Gasteiger partial charge in [0.2, 0.25) is 6.79 Å². The molecule has 1 unspecified atom stereocenters. The number of halogens is 2. The fourth-order valence-corrected chi connectivity index (χ4v) is 3.38. The second-order valence-corrected chi connectivity index (χ2v) is 5.97. The van der Waals surface area contributed by atoms with Crippen LogP contribution < -0.4 is 14.8 Å². The molecule has 0 radical (unpaired) electrons. The molecular weight excluding hydrogens is 309 g/mol. The van der Waals surface area contributed by atoms with Crippen LogP contribution in [0.25, 0.3) is 0 Å². The highest BCUT2D eigenvalue weighted by Gasteiger charge is 2.27. The normalized spacial score (nSPS) is 19.4. The Morgan fingerprint density at radius 3 is 2.71 bits per heavy atom.